The van der Waals surface area contributed by atoms with Crippen molar-refractivity contribution in [1.29, 1.82) is 0 Å². The van der Waals surface area contributed by atoms with Crippen LogP contribution in [0.2, 0.25) is 0 Å². The molecule has 1 atom stereocenters. The molecule has 1 aromatic carbocycles. The molecule has 0 aliphatic rings. The Labute approximate surface area is 88.1 Å². The molecule has 1 aromatic rings. The summed E-state index contributed by atoms with van der Waals surface area (Å²) in [6.07, 6.45) is -0.684. The second kappa shape index (κ2) is 5.36. The zero-order valence-corrected chi connectivity index (χ0v) is 8.47. The molecule has 1 N–H and O–H groups in total. The van der Waals surface area contributed by atoms with Crippen LogP contribution in [0.1, 0.15) is 12.5 Å². The van der Waals surface area contributed by atoms with Gasteiger partial charge in [-0.3, -0.25) is 0 Å². The van der Waals surface area contributed by atoms with Crippen LogP contribution in [0.15, 0.2) is 24.3 Å². The second-order valence-corrected chi connectivity index (χ2v) is 3.13. The second-order valence-electron chi connectivity index (χ2n) is 3.13. The standard InChI is InChI=1S/C11H14O4/c1-2-15-10(11(13)14)7-8-3-5-9(12)6-4-8/h3-6,10,12H,2,7H2,1H3,(H,13,14)/p-1. The smallest absolute Gasteiger partial charge is 0.115 e. The summed E-state index contributed by atoms with van der Waals surface area (Å²) < 4.78 is 5.01. The highest BCUT2D eigenvalue weighted by Crippen LogP contribution is 2.12. The third-order valence-electron chi connectivity index (χ3n) is 1.99. The zero-order valence-electron chi connectivity index (χ0n) is 8.47. The minimum absolute atomic E-state index is 0.153. The number of carbonyl (C=O) groups is 1. The first-order chi connectivity index (χ1) is 7.13. The Kier molecular flexibility index (Phi) is 4.12. The van der Waals surface area contributed by atoms with Gasteiger partial charge in [0, 0.05) is 13.0 Å². The highest BCUT2D eigenvalue weighted by molar-refractivity contribution is 5.70. The van der Waals surface area contributed by atoms with Crippen LogP contribution in [-0.2, 0) is 16.0 Å². The lowest BCUT2D eigenvalue weighted by Crippen LogP contribution is -2.39. The SMILES string of the molecule is CCOC(Cc1ccc(O)cc1)C(=O)[O-]. The molecule has 82 valence electrons. The molecule has 0 saturated heterocycles. The number of phenols is 1. The fourth-order valence-corrected chi connectivity index (χ4v) is 1.26. The molecule has 0 spiro atoms. The van der Waals surface area contributed by atoms with E-state index in [9.17, 15) is 9.90 Å². The zero-order chi connectivity index (χ0) is 11.3. The molecule has 0 amide bonds. The van der Waals surface area contributed by atoms with E-state index in [0.717, 1.165) is 5.56 Å². The predicted octanol–water partition coefficient (Wildman–Crippen LogP) is 0.0897. The number of benzene rings is 1. The monoisotopic (exact) mass is 209 g/mol. The van der Waals surface area contributed by atoms with Gasteiger partial charge in [0.05, 0.1) is 5.97 Å². The summed E-state index contributed by atoms with van der Waals surface area (Å²) in [6, 6.07) is 6.33. The van der Waals surface area contributed by atoms with Gasteiger partial charge < -0.3 is 19.7 Å². The van der Waals surface area contributed by atoms with E-state index in [1.165, 1.54) is 12.1 Å². The number of phenolic OH excluding ortho intramolecular Hbond substituents is 1. The summed E-state index contributed by atoms with van der Waals surface area (Å²) in [4.78, 5) is 10.7. The average Bonchev–Trinajstić information content (AvgIpc) is 2.20. The highest BCUT2D eigenvalue weighted by atomic mass is 16.5. The van der Waals surface area contributed by atoms with Crippen LogP contribution in [0.5, 0.6) is 5.75 Å². The number of rotatable bonds is 5. The van der Waals surface area contributed by atoms with Gasteiger partial charge in [-0.15, -0.1) is 0 Å². The molecule has 1 rings (SSSR count). The summed E-state index contributed by atoms with van der Waals surface area (Å²) in [5.74, 6) is -1.06. The van der Waals surface area contributed by atoms with Crippen molar-refractivity contribution in [3.63, 3.8) is 0 Å². The number of aliphatic carboxylic acids is 1. The van der Waals surface area contributed by atoms with Gasteiger partial charge in [0.25, 0.3) is 0 Å². The van der Waals surface area contributed by atoms with Crippen LogP contribution in [0.4, 0.5) is 0 Å². The van der Waals surface area contributed by atoms with Crippen molar-refractivity contribution in [1.82, 2.24) is 0 Å². The molecular formula is C11H13O4-. The number of carbonyl (C=O) groups excluding carboxylic acids is 1. The van der Waals surface area contributed by atoms with Gasteiger partial charge >= 0.3 is 0 Å². The maximum absolute atomic E-state index is 10.7. The molecule has 0 radical (unpaired) electrons. The average molecular weight is 209 g/mol. The van der Waals surface area contributed by atoms with Crippen LogP contribution in [0, 0.1) is 0 Å². The molecule has 0 aromatic heterocycles. The maximum Gasteiger partial charge on any atom is 0.115 e. The summed E-state index contributed by atoms with van der Waals surface area (Å²) in [7, 11) is 0. The Balaban J connectivity index is 2.65. The van der Waals surface area contributed by atoms with Crippen molar-refractivity contribution in [3.05, 3.63) is 29.8 Å². The normalized spacial score (nSPS) is 12.3. The molecule has 0 saturated carbocycles. The van der Waals surface area contributed by atoms with Crippen LogP contribution >= 0.6 is 0 Å². The maximum atomic E-state index is 10.7. The van der Waals surface area contributed by atoms with Crippen molar-refractivity contribution >= 4 is 5.97 Å². The van der Waals surface area contributed by atoms with E-state index in [1.807, 2.05) is 0 Å². The number of ether oxygens (including phenoxy) is 1. The van der Waals surface area contributed by atoms with Crippen LogP contribution in [0.25, 0.3) is 0 Å². The molecule has 0 heterocycles. The van der Waals surface area contributed by atoms with Crippen molar-refractivity contribution in [3.8, 4) is 5.75 Å². The van der Waals surface area contributed by atoms with E-state index in [1.54, 1.807) is 19.1 Å². The number of carboxylic acid groups (broad SMARTS) is 1. The van der Waals surface area contributed by atoms with Gasteiger partial charge in [-0.05, 0) is 24.6 Å². The van der Waals surface area contributed by atoms with E-state index in [-0.39, 0.29) is 12.2 Å². The number of carboxylic acids is 1. The fourth-order valence-electron chi connectivity index (χ4n) is 1.26. The third-order valence-corrected chi connectivity index (χ3v) is 1.99. The quantitative estimate of drug-likeness (QED) is 0.746. The molecule has 0 fully saturated rings. The Hall–Kier alpha value is -1.55. The van der Waals surface area contributed by atoms with Crippen LogP contribution in [-0.4, -0.2) is 23.8 Å². The fraction of sp³-hybridized carbons (Fsp3) is 0.364. The van der Waals surface area contributed by atoms with Gasteiger partial charge in [-0.25, -0.2) is 0 Å². The summed E-state index contributed by atoms with van der Waals surface area (Å²) in [5, 5.41) is 19.7. The predicted molar refractivity (Wildman–Crippen MR) is 52.2 cm³/mol. The van der Waals surface area contributed by atoms with Crippen molar-refractivity contribution in [2.75, 3.05) is 6.61 Å². The molecule has 0 aliphatic carbocycles. The van der Waals surface area contributed by atoms with Crippen molar-refractivity contribution < 1.29 is 19.7 Å². The number of hydrogen-bond donors (Lipinski definition) is 1. The van der Waals surface area contributed by atoms with Gasteiger partial charge in [0.15, 0.2) is 0 Å². The third kappa shape index (κ3) is 3.59. The van der Waals surface area contributed by atoms with E-state index in [4.69, 9.17) is 9.84 Å². The van der Waals surface area contributed by atoms with Gasteiger partial charge in [-0.2, -0.15) is 0 Å². The van der Waals surface area contributed by atoms with Crippen LogP contribution < -0.4 is 5.11 Å². The Morgan fingerprint density at radius 3 is 2.53 bits per heavy atom. The van der Waals surface area contributed by atoms with Gasteiger partial charge in [0.1, 0.15) is 11.9 Å². The van der Waals surface area contributed by atoms with E-state index >= 15 is 0 Å². The lowest BCUT2D eigenvalue weighted by Gasteiger charge is -2.17. The first-order valence-corrected chi connectivity index (χ1v) is 4.74. The number of aromatic hydroxyl groups is 1. The Morgan fingerprint density at radius 1 is 1.47 bits per heavy atom. The van der Waals surface area contributed by atoms with Crippen molar-refractivity contribution in [2.24, 2.45) is 0 Å². The molecule has 0 bridgehead atoms. The Bertz CT molecular complexity index is 318. The highest BCUT2D eigenvalue weighted by Gasteiger charge is 2.10. The summed E-state index contributed by atoms with van der Waals surface area (Å²) in [6.45, 7) is 2.06. The topological polar surface area (TPSA) is 69.6 Å². The van der Waals surface area contributed by atoms with E-state index in [2.05, 4.69) is 0 Å². The molecule has 0 aliphatic heterocycles. The van der Waals surface area contributed by atoms with Gasteiger partial charge in [0.2, 0.25) is 0 Å². The minimum atomic E-state index is -1.22. The number of hydrogen-bond acceptors (Lipinski definition) is 4. The van der Waals surface area contributed by atoms with E-state index < -0.39 is 12.1 Å². The van der Waals surface area contributed by atoms with Crippen molar-refractivity contribution in [2.45, 2.75) is 19.4 Å². The Morgan fingerprint density at radius 2 is 2.07 bits per heavy atom. The lowest BCUT2D eigenvalue weighted by atomic mass is 10.1. The first-order valence-electron chi connectivity index (χ1n) is 4.74. The molecule has 4 heteroatoms. The van der Waals surface area contributed by atoms with Gasteiger partial charge in [-0.1, -0.05) is 12.1 Å². The molecule has 4 nitrogen and oxygen atoms in total. The summed E-state index contributed by atoms with van der Waals surface area (Å²) >= 11 is 0. The molecule has 15 heavy (non-hydrogen) atoms. The molecule has 1 unspecified atom stereocenters. The first kappa shape index (κ1) is 11.5. The van der Waals surface area contributed by atoms with Crippen LogP contribution in [0.3, 0.4) is 0 Å². The lowest BCUT2D eigenvalue weighted by molar-refractivity contribution is -0.316. The summed E-state index contributed by atoms with van der Waals surface area (Å²) in [5.41, 5.74) is 0.787. The largest absolute Gasteiger partial charge is 0.547 e. The minimum Gasteiger partial charge on any atom is -0.547 e. The molecular weight excluding hydrogens is 196 g/mol. The van der Waals surface area contributed by atoms with E-state index in [0.29, 0.717) is 6.61 Å².